The molecule has 0 aliphatic heterocycles. The van der Waals surface area contributed by atoms with Crippen molar-refractivity contribution in [2.24, 2.45) is 0 Å². The van der Waals surface area contributed by atoms with Crippen molar-refractivity contribution in [2.75, 3.05) is 0 Å². The Kier molecular flexibility index (Phi) is 2.28. The Morgan fingerprint density at radius 3 is 2.90 bits per heavy atom. The summed E-state index contributed by atoms with van der Waals surface area (Å²) in [6, 6.07) is 0. The van der Waals surface area contributed by atoms with Crippen molar-refractivity contribution < 1.29 is 4.79 Å². The van der Waals surface area contributed by atoms with Gasteiger partial charge in [-0.25, -0.2) is 0 Å². The summed E-state index contributed by atoms with van der Waals surface area (Å²) in [7, 11) is 0. The smallest absolute Gasteiger partial charge is 0.147 e. The molecule has 1 aliphatic carbocycles. The maximum atomic E-state index is 10.4. The number of hydrogen-bond acceptors (Lipinski definition) is 1. The SMILES string of the molecule is CC1=C(C=O)C(Cl)CC=C1. The third-order valence-corrected chi connectivity index (χ3v) is 2.04. The first-order valence-corrected chi connectivity index (χ1v) is 3.66. The molecule has 0 heterocycles. The summed E-state index contributed by atoms with van der Waals surface area (Å²) in [4.78, 5) is 10.4. The normalized spacial score (nSPS) is 25.2. The highest BCUT2D eigenvalue weighted by atomic mass is 35.5. The minimum atomic E-state index is -0.109. The van der Waals surface area contributed by atoms with Gasteiger partial charge in [0.25, 0.3) is 0 Å². The van der Waals surface area contributed by atoms with Gasteiger partial charge in [-0.2, -0.15) is 0 Å². The molecule has 10 heavy (non-hydrogen) atoms. The molecule has 1 aliphatic rings. The van der Waals surface area contributed by atoms with Crippen LogP contribution in [-0.4, -0.2) is 11.7 Å². The van der Waals surface area contributed by atoms with Crippen molar-refractivity contribution in [2.45, 2.75) is 18.7 Å². The van der Waals surface area contributed by atoms with E-state index in [1.54, 1.807) is 0 Å². The Bertz CT molecular complexity index is 203. The predicted octanol–water partition coefficient (Wildman–Crippen LogP) is 2.07. The Hall–Kier alpha value is -0.560. The second-order valence-electron chi connectivity index (χ2n) is 2.36. The first-order chi connectivity index (χ1) is 4.75. The van der Waals surface area contributed by atoms with Crippen LogP contribution in [0.5, 0.6) is 0 Å². The summed E-state index contributed by atoms with van der Waals surface area (Å²) >= 11 is 5.84. The van der Waals surface area contributed by atoms with E-state index in [1.807, 2.05) is 19.1 Å². The van der Waals surface area contributed by atoms with Crippen LogP contribution in [0, 0.1) is 0 Å². The van der Waals surface area contributed by atoms with E-state index in [0.717, 1.165) is 23.9 Å². The van der Waals surface area contributed by atoms with Crippen molar-refractivity contribution in [3.63, 3.8) is 0 Å². The fourth-order valence-electron chi connectivity index (χ4n) is 1.00. The maximum absolute atomic E-state index is 10.4. The van der Waals surface area contributed by atoms with Gasteiger partial charge in [0, 0.05) is 5.57 Å². The number of rotatable bonds is 1. The van der Waals surface area contributed by atoms with Crippen LogP contribution >= 0.6 is 11.6 Å². The number of allylic oxidation sites excluding steroid dienone is 4. The van der Waals surface area contributed by atoms with E-state index >= 15 is 0 Å². The second-order valence-corrected chi connectivity index (χ2v) is 2.89. The number of alkyl halides is 1. The van der Waals surface area contributed by atoms with Crippen molar-refractivity contribution >= 4 is 17.9 Å². The summed E-state index contributed by atoms with van der Waals surface area (Å²) in [5.74, 6) is 0. The molecule has 0 fully saturated rings. The molecule has 0 saturated carbocycles. The molecule has 0 bridgehead atoms. The molecule has 1 rings (SSSR count). The topological polar surface area (TPSA) is 17.1 Å². The monoisotopic (exact) mass is 156 g/mol. The largest absolute Gasteiger partial charge is 0.298 e. The van der Waals surface area contributed by atoms with Crippen LogP contribution in [0.15, 0.2) is 23.3 Å². The fraction of sp³-hybridized carbons (Fsp3) is 0.375. The Morgan fingerprint density at radius 2 is 2.50 bits per heavy atom. The molecule has 0 amide bonds. The first-order valence-electron chi connectivity index (χ1n) is 3.22. The van der Waals surface area contributed by atoms with Gasteiger partial charge in [0.05, 0.1) is 5.38 Å². The molecular formula is C8H9ClO. The lowest BCUT2D eigenvalue weighted by molar-refractivity contribution is -0.105. The van der Waals surface area contributed by atoms with E-state index in [9.17, 15) is 4.79 Å². The molecule has 1 unspecified atom stereocenters. The Balaban J connectivity index is 2.94. The number of carbonyl (C=O) groups is 1. The summed E-state index contributed by atoms with van der Waals surface area (Å²) < 4.78 is 0. The number of carbonyl (C=O) groups excluding carboxylic acids is 1. The van der Waals surface area contributed by atoms with Crippen LogP contribution in [0.25, 0.3) is 0 Å². The molecule has 0 radical (unpaired) electrons. The average Bonchev–Trinajstić information content (AvgIpc) is 1.88. The summed E-state index contributed by atoms with van der Waals surface area (Å²) in [5, 5.41) is -0.109. The van der Waals surface area contributed by atoms with Crippen molar-refractivity contribution in [3.8, 4) is 0 Å². The molecule has 0 spiro atoms. The van der Waals surface area contributed by atoms with E-state index in [2.05, 4.69) is 0 Å². The van der Waals surface area contributed by atoms with E-state index in [0.29, 0.717) is 0 Å². The van der Waals surface area contributed by atoms with Gasteiger partial charge in [0.2, 0.25) is 0 Å². The van der Waals surface area contributed by atoms with E-state index < -0.39 is 0 Å². The van der Waals surface area contributed by atoms with Crippen LogP contribution in [0.1, 0.15) is 13.3 Å². The number of halogens is 1. The fourth-order valence-corrected chi connectivity index (χ4v) is 1.33. The molecule has 0 saturated heterocycles. The lowest BCUT2D eigenvalue weighted by atomic mass is 10.00. The molecule has 1 nitrogen and oxygen atoms in total. The zero-order chi connectivity index (χ0) is 7.56. The van der Waals surface area contributed by atoms with Crippen LogP contribution in [-0.2, 0) is 4.79 Å². The van der Waals surface area contributed by atoms with Crippen LogP contribution in [0.2, 0.25) is 0 Å². The number of hydrogen-bond donors (Lipinski definition) is 0. The summed E-state index contributed by atoms with van der Waals surface area (Å²) in [5.41, 5.74) is 1.71. The van der Waals surface area contributed by atoms with Gasteiger partial charge in [-0.05, 0) is 18.9 Å². The Labute approximate surface area is 65.4 Å². The van der Waals surface area contributed by atoms with Crippen LogP contribution < -0.4 is 0 Å². The van der Waals surface area contributed by atoms with Crippen LogP contribution in [0.3, 0.4) is 0 Å². The van der Waals surface area contributed by atoms with Gasteiger partial charge in [0.15, 0.2) is 0 Å². The van der Waals surface area contributed by atoms with Gasteiger partial charge in [-0.1, -0.05) is 12.2 Å². The highest BCUT2D eigenvalue weighted by Gasteiger charge is 2.13. The van der Waals surface area contributed by atoms with Crippen molar-refractivity contribution in [1.29, 1.82) is 0 Å². The van der Waals surface area contributed by atoms with E-state index in [4.69, 9.17) is 11.6 Å². The molecule has 0 aromatic rings. The molecular weight excluding hydrogens is 148 g/mol. The van der Waals surface area contributed by atoms with Crippen LogP contribution in [0.4, 0.5) is 0 Å². The second kappa shape index (κ2) is 3.02. The summed E-state index contributed by atoms with van der Waals surface area (Å²) in [6.07, 6.45) is 5.53. The molecule has 0 N–H and O–H groups in total. The lowest BCUT2D eigenvalue weighted by Gasteiger charge is -2.12. The standard InChI is InChI=1S/C8H9ClO/c1-6-3-2-4-8(9)7(6)5-10/h2-3,5,8H,4H2,1H3. The molecule has 0 aromatic carbocycles. The third-order valence-electron chi connectivity index (χ3n) is 1.63. The minimum absolute atomic E-state index is 0.109. The van der Waals surface area contributed by atoms with Gasteiger partial charge in [-0.3, -0.25) is 4.79 Å². The molecule has 1 atom stereocenters. The highest BCUT2D eigenvalue weighted by Crippen LogP contribution is 2.21. The average molecular weight is 157 g/mol. The first kappa shape index (κ1) is 7.55. The minimum Gasteiger partial charge on any atom is -0.298 e. The zero-order valence-corrected chi connectivity index (χ0v) is 6.56. The molecule has 54 valence electrons. The zero-order valence-electron chi connectivity index (χ0n) is 5.80. The summed E-state index contributed by atoms with van der Waals surface area (Å²) in [6.45, 7) is 1.90. The van der Waals surface area contributed by atoms with Gasteiger partial charge in [-0.15, -0.1) is 11.6 Å². The number of aldehydes is 1. The van der Waals surface area contributed by atoms with E-state index in [-0.39, 0.29) is 5.38 Å². The third kappa shape index (κ3) is 1.29. The molecule has 2 heteroatoms. The predicted molar refractivity (Wildman–Crippen MR) is 42.2 cm³/mol. The van der Waals surface area contributed by atoms with Gasteiger partial charge in [0.1, 0.15) is 6.29 Å². The van der Waals surface area contributed by atoms with E-state index in [1.165, 1.54) is 0 Å². The van der Waals surface area contributed by atoms with Gasteiger partial charge >= 0.3 is 0 Å². The van der Waals surface area contributed by atoms with Crippen molar-refractivity contribution in [3.05, 3.63) is 23.3 Å². The van der Waals surface area contributed by atoms with Crippen molar-refractivity contribution in [1.82, 2.24) is 0 Å². The Morgan fingerprint density at radius 1 is 1.80 bits per heavy atom. The highest BCUT2D eigenvalue weighted by molar-refractivity contribution is 6.24. The van der Waals surface area contributed by atoms with Gasteiger partial charge < -0.3 is 0 Å². The quantitative estimate of drug-likeness (QED) is 0.420. The molecule has 0 aromatic heterocycles. The lowest BCUT2D eigenvalue weighted by Crippen LogP contribution is -2.08. The maximum Gasteiger partial charge on any atom is 0.147 e.